The summed E-state index contributed by atoms with van der Waals surface area (Å²) in [5.74, 6) is 0.965. The van der Waals surface area contributed by atoms with Crippen molar-refractivity contribution in [3.63, 3.8) is 0 Å². The maximum Gasteiger partial charge on any atom is 0.254 e. The predicted molar refractivity (Wildman–Crippen MR) is 105 cm³/mol. The van der Waals surface area contributed by atoms with Gasteiger partial charge < -0.3 is 19.9 Å². The van der Waals surface area contributed by atoms with Gasteiger partial charge in [0.15, 0.2) is 0 Å². The van der Waals surface area contributed by atoms with Crippen LogP contribution in [0.2, 0.25) is 0 Å². The second-order valence-corrected chi connectivity index (χ2v) is 7.34. The molecule has 6 heteroatoms. The van der Waals surface area contributed by atoms with E-state index in [2.05, 4.69) is 12.2 Å². The van der Waals surface area contributed by atoms with Gasteiger partial charge >= 0.3 is 0 Å². The zero-order chi connectivity index (χ0) is 19.1. The highest BCUT2D eigenvalue weighted by atomic mass is 16.5. The van der Waals surface area contributed by atoms with Crippen molar-refractivity contribution in [2.75, 3.05) is 39.3 Å². The molecule has 0 bridgehead atoms. The minimum absolute atomic E-state index is 0.0192. The second-order valence-electron chi connectivity index (χ2n) is 7.34. The van der Waals surface area contributed by atoms with Gasteiger partial charge in [0.05, 0.1) is 6.61 Å². The van der Waals surface area contributed by atoms with Gasteiger partial charge in [0.1, 0.15) is 5.75 Å². The number of ether oxygens (including phenoxy) is 1. The van der Waals surface area contributed by atoms with E-state index in [4.69, 9.17) is 4.74 Å². The molecule has 1 heterocycles. The van der Waals surface area contributed by atoms with Crippen LogP contribution in [0.5, 0.6) is 5.75 Å². The number of carbonyl (C=O) groups is 2. The van der Waals surface area contributed by atoms with Gasteiger partial charge in [-0.05, 0) is 43.5 Å². The van der Waals surface area contributed by atoms with Gasteiger partial charge in [-0.1, -0.05) is 13.3 Å². The first kappa shape index (κ1) is 19.7. The molecule has 2 amide bonds. The Hall–Kier alpha value is -2.08. The van der Waals surface area contributed by atoms with Crippen molar-refractivity contribution in [2.45, 2.75) is 45.1 Å². The summed E-state index contributed by atoms with van der Waals surface area (Å²) in [5, 5.41) is 3.25. The van der Waals surface area contributed by atoms with E-state index in [-0.39, 0.29) is 17.9 Å². The third-order valence-corrected chi connectivity index (χ3v) is 5.15. The molecule has 0 aromatic heterocycles. The van der Waals surface area contributed by atoms with Gasteiger partial charge in [0.25, 0.3) is 5.91 Å². The Morgan fingerprint density at radius 3 is 2.52 bits per heavy atom. The Balaban J connectivity index is 1.54. The maximum absolute atomic E-state index is 12.9. The third kappa shape index (κ3) is 5.70. The van der Waals surface area contributed by atoms with Crippen molar-refractivity contribution in [2.24, 2.45) is 0 Å². The molecule has 1 aliphatic heterocycles. The van der Waals surface area contributed by atoms with Crippen molar-refractivity contribution < 1.29 is 14.3 Å². The molecule has 1 N–H and O–H groups in total. The molecule has 0 spiro atoms. The molecule has 2 aliphatic rings. The quantitative estimate of drug-likeness (QED) is 0.675. The lowest BCUT2D eigenvalue weighted by atomic mass is 10.1. The van der Waals surface area contributed by atoms with Gasteiger partial charge in [-0.15, -0.1) is 0 Å². The molecule has 6 nitrogen and oxygen atoms in total. The molecule has 27 heavy (non-hydrogen) atoms. The summed E-state index contributed by atoms with van der Waals surface area (Å²) in [6, 6.07) is 7.67. The fraction of sp³-hybridized carbons (Fsp3) is 0.619. The molecule has 1 saturated carbocycles. The van der Waals surface area contributed by atoms with Gasteiger partial charge in [-0.25, -0.2) is 0 Å². The fourth-order valence-corrected chi connectivity index (χ4v) is 3.32. The van der Waals surface area contributed by atoms with E-state index in [1.54, 1.807) is 0 Å². The predicted octanol–water partition coefficient (Wildman–Crippen LogP) is 2.29. The van der Waals surface area contributed by atoms with Crippen LogP contribution in [0.15, 0.2) is 24.3 Å². The number of benzene rings is 1. The lowest BCUT2D eigenvalue weighted by molar-refractivity contribution is -0.131. The monoisotopic (exact) mass is 373 g/mol. The summed E-state index contributed by atoms with van der Waals surface area (Å²) >= 11 is 0. The van der Waals surface area contributed by atoms with Crippen LogP contribution in [0.1, 0.15) is 49.4 Å². The molecule has 2 fully saturated rings. The summed E-state index contributed by atoms with van der Waals surface area (Å²) in [5.41, 5.74) is 0.666. The maximum atomic E-state index is 12.9. The van der Waals surface area contributed by atoms with E-state index in [9.17, 15) is 9.59 Å². The van der Waals surface area contributed by atoms with Crippen LogP contribution >= 0.6 is 0 Å². The number of piperazine rings is 1. The third-order valence-electron chi connectivity index (χ3n) is 5.15. The summed E-state index contributed by atoms with van der Waals surface area (Å²) in [7, 11) is 0. The van der Waals surface area contributed by atoms with Crippen molar-refractivity contribution in [1.29, 1.82) is 0 Å². The van der Waals surface area contributed by atoms with E-state index >= 15 is 0 Å². The average molecular weight is 373 g/mol. The van der Waals surface area contributed by atoms with Crippen molar-refractivity contribution >= 4 is 11.8 Å². The first-order chi connectivity index (χ1) is 13.2. The van der Waals surface area contributed by atoms with Crippen LogP contribution in [0.4, 0.5) is 0 Å². The molecule has 3 rings (SSSR count). The molecule has 1 aliphatic carbocycles. The van der Waals surface area contributed by atoms with Crippen LogP contribution in [0, 0.1) is 0 Å². The number of carbonyl (C=O) groups excluding carboxylic acids is 2. The number of hydrogen-bond acceptors (Lipinski definition) is 4. The molecular formula is C21H31N3O3. The summed E-state index contributed by atoms with van der Waals surface area (Å²) < 4.78 is 5.67. The molecule has 1 aromatic rings. The van der Waals surface area contributed by atoms with Crippen LogP contribution in [0.3, 0.4) is 0 Å². The largest absolute Gasteiger partial charge is 0.494 e. The SMILES string of the molecule is CCCCOc1ccc(C(=O)N(CCC(=O)N2CCNCC2)C2CC2)cc1. The highest BCUT2D eigenvalue weighted by Gasteiger charge is 2.33. The molecule has 1 aromatic carbocycles. The van der Waals surface area contributed by atoms with E-state index < -0.39 is 0 Å². The molecule has 0 radical (unpaired) electrons. The van der Waals surface area contributed by atoms with Crippen LogP contribution in [-0.2, 0) is 4.79 Å². The highest BCUT2D eigenvalue weighted by Crippen LogP contribution is 2.29. The van der Waals surface area contributed by atoms with Crippen LogP contribution < -0.4 is 10.1 Å². The number of hydrogen-bond donors (Lipinski definition) is 1. The van der Waals surface area contributed by atoms with Crippen molar-refractivity contribution in [1.82, 2.24) is 15.1 Å². The van der Waals surface area contributed by atoms with E-state index in [1.165, 1.54) is 0 Å². The Bertz CT molecular complexity index is 622. The highest BCUT2D eigenvalue weighted by molar-refractivity contribution is 5.95. The molecular weight excluding hydrogens is 342 g/mol. The minimum atomic E-state index is 0.0192. The summed E-state index contributed by atoms with van der Waals surface area (Å²) in [4.78, 5) is 29.1. The number of amides is 2. The van der Waals surface area contributed by atoms with E-state index in [0.717, 1.165) is 57.6 Å². The number of rotatable bonds is 9. The van der Waals surface area contributed by atoms with Gasteiger partial charge in [0, 0.05) is 50.7 Å². The topological polar surface area (TPSA) is 61.9 Å². The molecule has 148 valence electrons. The normalized spacial score (nSPS) is 16.9. The Morgan fingerprint density at radius 2 is 1.89 bits per heavy atom. The van der Waals surface area contributed by atoms with Gasteiger partial charge in [0.2, 0.25) is 5.91 Å². The van der Waals surface area contributed by atoms with Crippen molar-refractivity contribution in [3.05, 3.63) is 29.8 Å². The lowest BCUT2D eigenvalue weighted by Crippen LogP contribution is -2.47. The van der Waals surface area contributed by atoms with Crippen LogP contribution in [0.25, 0.3) is 0 Å². The van der Waals surface area contributed by atoms with E-state index in [1.807, 2.05) is 34.1 Å². The zero-order valence-electron chi connectivity index (χ0n) is 16.3. The van der Waals surface area contributed by atoms with Crippen LogP contribution in [-0.4, -0.2) is 67.0 Å². The first-order valence-corrected chi connectivity index (χ1v) is 10.2. The average Bonchev–Trinajstić information content (AvgIpc) is 3.54. The molecule has 0 atom stereocenters. The number of unbranched alkanes of at least 4 members (excludes halogenated alkanes) is 1. The van der Waals surface area contributed by atoms with Gasteiger partial charge in [-0.2, -0.15) is 0 Å². The Labute approximate surface area is 161 Å². The van der Waals surface area contributed by atoms with Gasteiger partial charge in [-0.3, -0.25) is 9.59 Å². The Kier molecular flexibility index (Phi) is 7.10. The second kappa shape index (κ2) is 9.74. The number of nitrogens with one attached hydrogen (secondary N) is 1. The first-order valence-electron chi connectivity index (χ1n) is 10.2. The standard InChI is InChI=1S/C21H31N3O3/c1-2-3-16-27-19-8-4-17(5-9-19)21(26)24(18-6-7-18)13-10-20(25)23-14-11-22-12-15-23/h4-5,8-9,18,22H,2-3,6-7,10-16H2,1H3. The minimum Gasteiger partial charge on any atom is -0.494 e. The smallest absolute Gasteiger partial charge is 0.254 e. The number of nitrogens with zero attached hydrogens (tertiary/aromatic N) is 2. The zero-order valence-corrected chi connectivity index (χ0v) is 16.3. The molecule has 0 unspecified atom stereocenters. The fourth-order valence-electron chi connectivity index (χ4n) is 3.32. The summed E-state index contributed by atoms with van der Waals surface area (Å²) in [6.07, 6.45) is 4.59. The lowest BCUT2D eigenvalue weighted by Gasteiger charge is -2.29. The Morgan fingerprint density at radius 1 is 1.19 bits per heavy atom. The summed E-state index contributed by atoms with van der Waals surface area (Å²) in [6.45, 7) is 6.55. The van der Waals surface area contributed by atoms with Crippen molar-refractivity contribution in [3.8, 4) is 5.75 Å². The molecule has 1 saturated heterocycles. The van der Waals surface area contributed by atoms with E-state index in [0.29, 0.717) is 25.1 Å².